The van der Waals surface area contributed by atoms with Gasteiger partial charge in [0.25, 0.3) is 0 Å². The zero-order valence-corrected chi connectivity index (χ0v) is 8.14. The largest absolute Gasteiger partial charge is 0.303 e. The summed E-state index contributed by atoms with van der Waals surface area (Å²) in [6.07, 6.45) is 0.831. The van der Waals surface area contributed by atoms with Gasteiger partial charge in [0.1, 0.15) is 12.1 Å². The van der Waals surface area contributed by atoms with E-state index < -0.39 is 0 Å². The minimum Gasteiger partial charge on any atom is -0.303 e. The number of carbonyl (C=O) groups excluding carboxylic acids is 1. The topological polar surface area (TPSA) is 17.1 Å². The summed E-state index contributed by atoms with van der Waals surface area (Å²) in [6.45, 7) is 1.77. The van der Waals surface area contributed by atoms with Crippen molar-refractivity contribution in [2.45, 2.75) is 12.8 Å². The van der Waals surface area contributed by atoms with Gasteiger partial charge in [-0.05, 0) is 17.7 Å². The highest BCUT2D eigenvalue weighted by atomic mass is 79.9. The van der Waals surface area contributed by atoms with Crippen LogP contribution in [0.15, 0.2) is 22.7 Å². The Morgan fingerprint density at radius 2 is 2.25 bits per heavy atom. The zero-order chi connectivity index (χ0) is 9.14. The molecule has 64 valence electrons. The molecule has 0 amide bonds. The number of hydrogen-bond acceptors (Lipinski definition) is 1. The molecule has 0 saturated carbocycles. The number of carbonyl (C=O) groups is 1. The molecule has 1 nitrogen and oxygen atoms in total. The average molecular weight is 231 g/mol. The summed E-state index contributed by atoms with van der Waals surface area (Å²) in [5.41, 5.74) is 0.811. The lowest BCUT2D eigenvalue weighted by Gasteiger charge is -2.05. The highest BCUT2D eigenvalue weighted by Crippen LogP contribution is 2.24. The number of aldehydes is 1. The van der Waals surface area contributed by atoms with Gasteiger partial charge in [0.05, 0.1) is 0 Å². The minimum atomic E-state index is -0.302. The van der Waals surface area contributed by atoms with E-state index >= 15 is 0 Å². The fraction of sp³-hybridized carbons (Fsp3) is 0.222. The third-order valence-corrected chi connectivity index (χ3v) is 2.34. The summed E-state index contributed by atoms with van der Waals surface area (Å²) < 4.78 is 13.2. The summed E-state index contributed by atoms with van der Waals surface area (Å²) >= 11 is 3.19. The second-order valence-corrected chi connectivity index (χ2v) is 3.44. The van der Waals surface area contributed by atoms with E-state index in [9.17, 15) is 9.18 Å². The van der Waals surface area contributed by atoms with Crippen molar-refractivity contribution in [3.8, 4) is 0 Å². The summed E-state index contributed by atoms with van der Waals surface area (Å²) in [5.74, 6) is -0.497. The lowest BCUT2D eigenvalue weighted by Crippen LogP contribution is -1.95. The van der Waals surface area contributed by atoms with Crippen molar-refractivity contribution >= 4 is 22.2 Å². The first kappa shape index (κ1) is 9.39. The molecule has 1 unspecified atom stereocenters. The Morgan fingerprint density at radius 1 is 1.58 bits per heavy atom. The van der Waals surface area contributed by atoms with Gasteiger partial charge >= 0.3 is 0 Å². The van der Waals surface area contributed by atoms with Gasteiger partial charge in [-0.15, -0.1) is 0 Å². The van der Waals surface area contributed by atoms with E-state index in [1.807, 2.05) is 0 Å². The number of halogens is 2. The maximum absolute atomic E-state index is 12.6. The molecule has 0 radical (unpaired) electrons. The van der Waals surface area contributed by atoms with Crippen molar-refractivity contribution in [1.82, 2.24) is 0 Å². The van der Waals surface area contributed by atoms with Crippen LogP contribution in [0.4, 0.5) is 4.39 Å². The molecule has 1 aromatic rings. The summed E-state index contributed by atoms with van der Waals surface area (Å²) in [4.78, 5) is 10.4. The van der Waals surface area contributed by atoms with Crippen LogP contribution in [0, 0.1) is 5.82 Å². The van der Waals surface area contributed by atoms with E-state index in [1.165, 1.54) is 12.1 Å². The first-order valence-electron chi connectivity index (χ1n) is 3.55. The molecule has 0 spiro atoms. The molecule has 0 aliphatic rings. The predicted octanol–water partition coefficient (Wildman–Crippen LogP) is 2.89. The second-order valence-electron chi connectivity index (χ2n) is 2.59. The van der Waals surface area contributed by atoms with E-state index in [0.29, 0.717) is 4.47 Å². The van der Waals surface area contributed by atoms with Crippen LogP contribution in [0.1, 0.15) is 18.4 Å². The van der Waals surface area contributed by atoms with Crippen molar-refractivity contribution < 1.29 is 9.18 Å². The first-order valence-corrected chi connectivity index (χ1v) is 4.34. The quantitative estimate of drug-likeness (QED) is 0.715. The Balaban J connectivity index is 3.09. The Morgan fingerprint density at radius 3 is 2.75 bits per heavy atom. The average Bonchev–Trinajstić information content (AvgIpc) is 2.03. The number of benzene rings is 1. The summed E-state index contributed by atoms with van der Waals surface area (Å²) in [5, 5.41) is 0. The van der Waals surface area contributed by atoms with Crippen LogP contribution in [0.2, 0.25) is 0 Å². The van der Waals surface area contributed by atoms with Crippen molar-refractivity contribution in [3.05, 3.63) is 34.1 Å². The molecule has 0 fully saturated rings. The van der Waals surface area contributed by atoms with E-state index in [-0.39, 0.29) is 11.7 Å². The van der Waals surface area contributed by atoms with Crippen LogP contribution >= 0.6 is 15.9 Å². The molecule has 0 aliphatic carbocycles. The fourth-order valence-corrected chi connectivity index (χ4v) is 1.66. The number of rotatable bonds is 2. The molecular weight excluding hydrogens is 223 g/mol. The van der Waals surface area contributed by atoms with Crippen molar-refractivity contribution in [2.75, 3.05) is 0 Å². The van der Waals surface area contributed by atoms with Gasteiger partial charge in [0.15, 0.2) is 0 Å². The van der Waals surface area contributed by atoms with Crippen molar-refractivity contribution in [1.29, 1.82) is 0 Å². The smallest absolute Gasteiger partial charge is 0.127 e. The van der Waals surface area contributed by atoms with Crippen LogP contribution in [-0.2, 0) is 4.79 Å². The van der Waals surface area contributed by atoms with Crippen LogP contribution in [0.25, 0.3) is 0 Å². The van der Waals surface area contributed by atoms with Gasteiger partial charge in [-0.1, -0.05) is 28.9 Å². The molecule has 0 bridgehead atoms. The van der Waals surface area contributed by atoms with Gasteiger partial charge in [0.2, 0.25) is 0 Å². The van der Waals surface area contributed by atoms with Gasteiger partial charge in [-0.3, -0.25) is 0 Å². The van der Waals surface area contributed by atoms with E-state index in [1.54, 1.807) is 13.0 Å². The molecule has 0 saturated heterocycles. The maximum Gasteiger partial charge on any atom is 0.127 e. The zero-order valence-electron chi connectivity index (χ0n) is 6.55. The lowest BCUT2D eigenvalue weighted by atomic mass is 10.0. The fourth-order valence-electron chi connectivity index (χ4n) is 0.944. The Bertz CT molecular complexity index is 299. The molecule has 1 atom stereocenters. The molecule has 0 heterocycles. The van der Waals surface area contributed by atoms with Gasteiger partial charge in [-0.25, -0.2) is 4.39 Å². The van der Waals surface area contributed by atoms with Gasteiger partial charge in [-0.2, -0.15) is 0 Å². The Hall–Kier alpha value is -0.700. The summed E-state index contributed by atoms with van der Waals surface area (Å²) in [6, 6.07) is 4.31. The van der Waals surface area contributed by atoms with Crippen molar-refractivity contribution in [2.24, 2.45) is 0 Å². The summed E-state index contributed by atoms with van der Waals surface area (Å²) in [7, 11) is 0. The SMILES string of the molecule is CC(C=O)c1ccc(F)cc1Br. The van der Waals surface area contributed by atoms with Crippen LogP contribution in [0.3, 0.4) is 0 Å². The molecular formula is C9H8BrFO. The normalized spacial score (nSPS) is 12.6. The molecule has 1 aromatic carbocycles. The van der Waals surface area contributed by atoms with Gasteiger partial charge < -0.3 is 4.79 Å². The third-order valence-electron chi connectivity index (χ3n) is 1.66. The minimum absolute atomic E-state index is 0.194. The van der Waals surface area contributed by atoms with E-state index in [2.05, 4.69) is 15.9 Å². The van der Waals surface area contributed by atoms with E-state index in [4.69, 9.17) is 0 Å². The first-order chi connectivity index (χ1) is 5.65. The highest BCUT2D eigenvalue weighted by molar-refractivity contribution is 9.10. The standard InChI is InChI=1S/C9H8BrFO/c1-6(5-12)8-3-2-7(11)4-9(8)10/h2-6H,1H3. The van der Waals surface area contributed by atoms with Crippen LogP contribution in [-0.4, -0.2) is 6.29 Å². The second kappa shape index (κ2) is 3.81. The highest BCUT2D eigenvalue weighted by Gasteiger charge is 2.08. The molecule has 3 heteroatoms. The molecule has 0 N–H and O–H groups in total. The Labute approximate surface area is 78.7 Å². The van der Waals surface area contributed by atoms with Crippen LogP contribution < -0.4 is 0 Å². The van der Waals surface area contributed by atoms with Crippen LogP contribution in [0.5, 0.6) is 0 Å². The number of hydrogen-bond donors (Lipinski definition) is 0. The monoisotopic (exact) mass is 230 g/mol. The van der Waals surface area contributed by atoms with E-state index in [0.717, 1.165) is 11.8 Å². The van der Waals surface area contributed by atoms with Gasteiger partial charge in [0, 0.05) is 10.4 Å². The maximum atomic E-state index is 12.6. The molecule has 12 heavy (non-hydrogen) atoms. The van der Waals surface area contributed by atoms with Crippen molar-refractivity contribution in [3.63, 3.8) is 0 Å². The third kappa shape index (κ3) is 1.91. The molecule has 0 aromatic heterocycles. The molecule has 0 aliphatic heterocycles. The Kier molecular flexibility index (Phi) is 2.98. The molecule has 1 rings (SSSR count). The predicted molar refractivity (Wildman–Crippen MR) is 48.6 cm³/mol. The lowest BCUT2D eigenvalue weighted by molar-refractivity contribution is -0.108.